The highest BCUT2D eigenvalue weighted by atomic mass is 19.2. The number of benzene rings is 3. The Labute approximate surface area is 336 Å². The maximum Gasteiger partial charge on any atom is 0.329 e. The Bertz CT molecular complexity index is 2550. The van der Waals surface area contributed by atoms with Crippen molar-refractivity contribution >= 4 is 45.3 Å². The molecule has 5 heterocycles. The van der Waals surface area contributed by atoms with Crippen LogP contribution in [0.1, 0.15) is 66.5 Å². The van der Waals surface area contributed by atoms with Crippen molar-refractivity contribution in [1.82, 2.24) is 34.4 Å². The molecular formula is C42H45F3N8O6. The van der Waals surface area contributed by atoms with E-state index in [4.69, 9.17) is 9.84 Å². The number of nitrogens with zero attached hydrogens (tertiary/aromatic N) is 6. The number of ether oxygens (including phenoxy) is 1. The molecule has 4 fully saturated rings. The molecule has 1 spiro atoms. The number of halogens is 3. The molecule has 1 atom stereocenters. The Morgan fingerprint density at radius 3 is 2.56 bits per heavy atom. The van der Waals surface area contributed by atoms with Gasteiger partial charge in [0, 0.05) is 56.9 Å². The zero-order chi connectivity index (χ0) is 41.2. The summed E-state index contributed by atoms with van der Waals surface area (Å²) in [6, 6.07) is 12.2. The van der Waals surface area contributed by atoms with E-state index in [1.54, 1.807) is 11.6 Å². The van der Waals surface area contributed by atoms with Crippen LogP contribution in [0.25, 0.3) is 21.9 Å². The maximum atomic E-state index is 14.2. The summed E-state index contributed by atoms with van der Waals surface area (Å²) in [7, 11) is 1.71. The van der Waals surface area contributed by atoms with Crippen molar-refractivity contribution in [1.29, 1.82) is 0 Å². The summed E-state index contributed by atoms with van der Waals surface area (Å²) in [5.41, 5.74) is 3.20. The predicted molar refractivity (Wildman–Crippen MR) is 211 cm³/mol. The second kappa shape index (κ2) is 15.2. The van der Waals surface area contributed by atoms with Gasteiger partial charge in [-0.15, -0.1) is 0 Å². The van der Waals surface area contributed by atoms with Gasteiger partial charge in [-0.05, 0) is 86.4 Å². The molecule has 3 aliphatic heterocycles. The summed E-state index contributed by atoms with van der Waals surface area (Å²) in [6.07, 6.45) is 6.58. The van der Waals surface area contributed by atoms with E-state index in [-0.39, 0.29) is 42.1 Å². The molecule has 14 nitrogen and oxygen atoms in total. The van der Waals surface area contributed by atoms with Gasteiger partial charge in [-0.25, -0.2) is 13.6 Å². The molecule has 3 N–H and O–H groups in total. The van der Waals surface area contributed by atoms with Crippen molar-refractivity contribution in [3.05, 3.63) is 87.7 Å². The minimum Gasteiger partial charge on any atom is -0.503 e. The molecule has 1 unspecified atom stereocenters. The summed E-state index contributed by atoms with van der Waals surface area (Å²) < 4.78 is 53.1. The van der Waals surface area contributed by atoms with Gasteiger partial charge in [-0.1, -0.05) is 6.07 Å². The van der Waals surface area contributed by atoms with Crippen LogP contribution in [0, 0.1) is 23.4 Å². The van der Waals surface area contributed by atoms with E-state index >= 15 is 0 Å². The third-order valence-electron chi connectivity index (χ3n) is 12.7. The average Bonchev–Trinajstić information content (AvgIpc) is 3.76. The van der Waals surface area contributed by atoms with Gasteiger partial charge >= 0.3 is 5.69 Å². The number of amides is 3. The number of piperidine rings is 1. The molecule has 1 saturated carbocycles. The van der Waals surface area contributed by atoms with E-state index in [0.717, 1.165) is 92.5 Å². The first kappa shape index (κ1) is 38.8. The smallest absolute Gasteiger partial charge is 0.329 e. The van der Waals surface area contributed by atoms with Crippen molar-refractivity contribution in [3.63, 3.8) is 0 Å². The van der Waals surface area contributed by atoms with E-state index in [2.05, 4.69) is 44.8 Å². The number of aromatic nitrogens is 4. The molecule has 59 heavy (non-hydrogen) atoms. The molecule has 1 aliphatic carbocycles. The van der Waals surface area contributed by atoms with Crippen molar-refractivity contribution < 1.29 is 37.4 Å². The van der Waals surface area contributed by atoms with Crippen LogP contribution in [0.5, 0.6) is 5.75 Å². The number of carbonyl (C=O) groups excluding carboxylic acids is 3. The lowest BCUT2D eigenvalue weighted by molar-refractivity contribution is -0.135. The van der Waals surface area contributed by atoms with Crippen LogP contribution < -0.4 is 21.2 Å². The number of hydrogen-bond acceptors (Lipinski definition) is 9. The van der Waals surface area contributed by atoms with Crippen molar-refractivity contribution in [2.45, 2.75) is 62.6 Å². The summed E-state index contributed by atoms with van der Waals surface area (Å²) in [5, 5.41) is 20.2. The van der Waals surface area contributed by atoms with Crippen LogP contribution in [0.2, 0.25) is 0 Å². The van der Waals surface area contributed by atoms with E-state index in [1.165, 1.54) is 4.57 Å². The molecule has 0 radical (unpaired) electrons. The Morgan fingerprint density at radius 1 is 0.983 bits per heavy atom. The Morgan fingerprint density at radius 2 is 1.78 bits per heavy atom. The molecule has 5 aromatic rings. The van der Waals surface area contributed by atoms with E-state index in [1.807, 2.05) is 22.9 Å². The minimum absolute atomic E-state index is 0.117. The monoisotopic (exact) mass is 814 g/mol. The lowest BCUT2D eigenvalue weighted by Gasteiger charge is -2.54. The average molecular weight is 815 g/mol. The van der Waals surface area contributed by atoms with E-state index < -0.39 is 46.6 Å². The number of aromatic hydroxyl groups is 1. The van der Waals surface area contributed by atoms with Crippen molar-refractivity contribution in [2.75, 3.05) is 50.8 Å². The second-order valence-corrected chi connectivity index (χ2v) is 16.5. The van der Waals surface area contributed by atoms with Gasteiger partial charge in [0.25, 0.3) is 5.91 Å². The molecule has 0 bridgehead atoms. The standard InChI is InChI=1S/C42H45F3N8O6/c1-49-34-16-24(4-9-32(34)53(41(49)58)33-10-11-35(54)47-40(33)57)12-13-50-14-15-59-42(21-50)22-51(23-42)28-8-5-26-20-52(48-31(26)17-28)27-6-2-25(3-7-27)19-46-39(56)29-18-30(43)38(55)37(45)36(29)44/h4-5,8-9,16-18,20,25,27,33,55H,2-3,6-7,10-15,19,21-23H2,1H3,(H,46,56)(H,47,54,57). The second-order valence-electron chi connectivity index (χ2n) is 16.5. The zero-order valence-electron chi connectivity index (χ0n) is 32.6. The lowest BCUT2D eigenvalue weighted by Crippen LogP contribution is -2.70. The van der Waals surface area contributed by atoms with Gasteiger partial charge in [0.05, 0.1) is 47.9 Å². The van der Waals surface area contributed by atoms with Crippen LogP contribution in [0.3, 0.4) is 0 Å². The lowest BCUT2D eigenvalue weighted by atomic mass is 9.86. The number of imidazole rings is 1. The van der Waals surface area contributed by atoms with Crippen LogP contribution >= 0.6 is 0 Å². The SMILES string of the molecule is Cn1c(=O)n(C2CCC(=O)NC2=O)c2ccc(CCN3CCOC4(C3)CN(c3ccc5cn(C6CCC(CNC(=O)c7cc(F)c(O)c(F)c7F)CC6)nc5c3)C4)cc21. The third-order valence-corrected chi connectivity index (χ3v) is 12.7. The molecular weight excluding hydrogens is 770 g/mol. The Kier molecular flexibility index (Phi) is 9.98. The predicted octanol–water partition coefficient (Wildman–Crippen LogP) is 4.09. The number of phenolic OH excluding ortho intramolecular Hbond substituents is 1. The normalized spacial score (nSPS) is 22.2. The van der Waals surface area contributed by atoms with Gasteiger partial charge in [0.15, 0.2) is 17.4 Å². The number of carbonyl (C=O) groups is 3. The fourth-order valence-corrected chi connectivity index (χ4v) is 9.32. The summed E-state index contributed by atoms with van der Waals surface area (Å²) >= 11 is 0. The highest BCUT2D eigenvalue weighted by Crippen LogP contribution is 2.37. The molecule has 17 heteroatoms. The number of aryl methyl sites for hydroxylation is 1. The number of anilines is 1. The largest absolute Gasteiger partial charge is 0.503 e. The highest BCUT2D eigenvalue weighted by molar-refractivity contribution is 6.00. The molecule has 310 valence electrons. The van der Waals surface area contributed by atoms with E-state index in [0.29, 0.717) is 24.6 Å². The molecule has 4 aliphatic rings. The highest BCUT2D eigenvalue weighted by Gasteiger charge is 2.47. The first-order valence-electron chi connectivity index (χ1n) is 20.1. The maximum absolute atomic E-state index is 14.2. The van der Waals surface area contributed by atoms with Crippen molar-refractivity contribution in [2.24, 2.45) is 13.0 Å². The number of rotatable bonds is 9. The first-order chi connectivity index (χ1) is 28.4. The van der Waals surface area contributed by atoms with Gasteiger partial charge < -0.3 is 20.1 Å². The van der Waals surface area contributed by atoms with Gasteiger partial charge in [0.1, 0.15) is 11.6 Å². The molecule has 3 aromatic carbocycles. The van der Waals surface area contributed by atoms with E-state index in [9.17, 15) is 37.5 Å². The first-order valence-corrected chi connectivity index (χ1v) is 20.1. The quantitative estimate of drug-likeness (QED) is 0.148. The molecule has 9 rings (SSSR count). The van der Waals surface area contributed by atoms with Gasteiger partial charge in [0.2, 0.25) is 17.6 Å². The van der Waals surface area contributed by atoms with Crippen molar-refractivity contribution in [3.8, 4) is 5.75 Å². The molecule has 3 amide bonds. The Balaban J connectivity index is 0.770. The third kappa shape index (κ3) is 7.23. The van der Waals surface area contributed by atoms with Gasteiger partial charge in [-0.2, -0.15) is 9.49 Å². The fraction of sp³-hybridized carbons (Fsp3) is 0.452. The number of nitrogens with one attached hydrogen (secondary N) is 2. The molecule has 3 saturated heterocycles. The number of fused-ring (bicyclic) bond motifs is 2. The zero-order valence-corrected chi connectivity index (χ0v) is 32.6. The molecule has 2 aromatic heterocycles. The minimum atomic E-state index is -1.78. The summed E-state index contributed by atoms with van der Waals surface area (Å²) in [4.78, 5) is 54.7. The number of phenols is 1. The van der Waals surface area contributed by atoms with Gasteiger partial charge in [-0.3, -0.25) is 38.4 Å². The van der Waals surface area contributed by atoms with Crippen LogP contribution in [0.4, 0.5) is 18.9 Å². The van der Waals surface area contributed by atoms with Crippen LogP contribution in [-0.2, 0) is 27.8 Å². The number of morpholine rings is 1. The fourth-order valence-electron chi connectivity index (χ4n) is 9.32. The number of imide groups is 1. The topological polar surface area (TPSA) is 156 Å². The number of hydrogen-bond donors (Lipinski definition) is 3. The summed E-state index contributed by atoms with van der Waals surface area (Å²) in [6.45, 7) is 4.89. The summed E-state index contributed by atoms with van der Waals surface area (Å²) in [5.74, 6) is -7.79. The van der Waals surface area contributed by atoms with Crippen LogP contribution in [-0.4, -0.2) is 98.1 Å². The Hall–Kier alpha value is -5.68. The van der Waals surface area contributed by atoms with Crippen LogP contribution in [0.15, 0.2) is 53.5 Å².